The van der Waals surface area contributed by atoms with E-state index < -0.39 is 11.4 Å². The van der Waals surface area contributed by atoms with E-state index in [0.717, 1.165) is 30.2 Å². The molecular formula is C24H22Cl2FN3O3. The smallest absolute Gasteiger partial charge is 0.276 e. The molecule has 3 heterocycles. The first-order valence-electron chi connectivity index (χ1n) is 10.8. The summed E-state index contributed by atoms with van der Waals surface area (Å²) in [7, 11) is 0. The Morgan fingerprint density at radius 1 is 1.15 bits per heavy atom. The Morgan fingerprint density at radius 2 is 1.88 bits per heavy atom. The number of hydrogen-bond donors (Lipinski definition) is 0. The van der Waals surface area contributed by atoms with E-state index in [4.69, 9.17) is 32.8 Å². The number of oxime groups is 1. The van der Waals surface area contributed by atoms with Crippen molar-refractivity contribution in [3.05, 3.63) is 74.4 Å². The molecule has 0 aliphatic carbocycles. The number of hydrogen-bond acceptors (Lipinski definition) is 4. The standard InChI is InChI=1S/C24H22Cl2FN3O3/c1-24(13-19(28-33-24)15-7-3-2-4-8-15)14-32-20-11-16(18(27)12-17(20)25)21-22(26)29-9-5-6-10-30(29)23(21)31/h2-4,7-8,11-12H,5-6,9-10,13-14H2,1H3. The third kappa shape index (κ3) is 4.04. The first-order chi connectivity index (χ1) is 15.9. The summed E-state index contributed by atoms with van der Waals surface area (Å²) < 4.78 is 24.1. The summed E-state index contributed by atoms with van der Waals surface area (Å²) in [6.07, 6.45) is 2.33. The van der Waals surface area contributed by atoms with Gasteiger partial charge in [-0.3, -0.25) is 9.48 Å². The van der Waals surface area contributed by atoms with Crippen LogP contribution in [0.25, 0.3) is 11.1 Å². The van der Waals surface area contributed by atoms with Crippen LogP contribution in [0.5, 0.6) is 5.75 Å². The van der Waals surface area contributed by atoms with Gasteiger partial charge < -0.3 is 9.57 Å². The molecule has 0 N–H and O–H groups in total. The molecule has 1 aromatic heterocycles. The fraction of sp³-hybridized carbons (Fsp3) is 0.333. The lowest BCUT2D eigenvalue weighted by Crippen LogP contribution is -2.32. The van der Waals surface area contributed by atoms with Crippen molar-refractivity contribution in [3.8, 4) is 16.9 Å². The Morgan fingerprint density at radius 3 is 2.61 bits per heavy atom. The Bertz CT molecular complexity index is 1300. The molecule has 0 radical (unpaired) electrons. The molecule has 3 aromatic rings. The molecule has 1 unspecified atom stereocenters. The molecule has 2 aromatic carbocycles. The summed E-state index contributed by atoms with van der Waals surface area (Å²) in [6.45, 7) is 3.19. The molecule has 5 rings (SSSR count). The minimum Gasteiger partial charge on any atom is -0.488 e. The van der Waals surface area contributed by atoms with E-state index in [1.807, 2.05) is 37.3 Å². The molecule has 2 aliphatic heterocycles. The second-order valence-electron chi connectivity index (χ2n) is 8.60. The van der Waals surface area contributed by atoms with Gasteiger partial charge in [-0.25, -0.2) is 9.07 Å². The maximum absolute atomic E-state index is 14.9. The van der Waals surface area contributed by atoms with Gasteiger partial charge in [0.05, 0.1) is 16.3 Å². The molecular weight excluding hydrogens is 468 g/mol. The van der Waals surface area contributed by atoms with Gasteiger partial charge in [0.15, 0.2) is 5.60 Å². The maximum Gasteiger partial charge on any atom is 0.276 e. The number of halogens is 3. The molecule has 0 bridgehead atoms. The molecule has 0 saturated carbocycles. The van der Waals surface area contributed by atoms with Crippen molar-refractivity contribution in [2.45, 2.75) is 44.9 Å². The van der Waals surface area contributed by atoms with Crippen LogP contribution < -0.4 is 10.3 Å². The number of ether oxygens (including phenoxy) is 1. The molecule has 9 heteroatoms. The molecule has 6 nitrogen and oxygen atoms in total. The molecule has 0 fully saturated rings. The third-order valence-electron chi connectivity index (χ3n) is 6.01. The van der Waals surface area contributed by atoms with E-state index in [1.165, 1.54) is 6.07 Å². The second-order valence-corrected chi connectivity index (χ2v) is 9.36. The minimum atomic E-state index is -0.713. The van der Waals surface area contributed by atoms with E-state index in [0.29, 0.717) is 19.5 Å². The summed E-state index contributed by atoms with van der Waals surface area (Å²) in [5, 5.41) is 4.53. The third-order valence-corrected chi connectivity index (χ3v) is 6.69. The highest BCUT2D eigenvalue weighted by Crippen LogP contribution is 2.37. The van der Waals surface area contributed by atoms with E-state index in [2.05, 4.69) is 5.16 Å². The minimum absolute atomic E-state index is 0.0671. The van der Waals surface area contributed by atoms with Crippen molar-refractivity contribution in [3.63, 3.8) is 0 Å². The highest BCUT2D eigenvalue weighted by molar-refractivity contribution is 6.33. The summed E-state index contributed by atoms with van der Waals surface area (Å²) in [6, 6.07) is 12.3. The second kappa shape index (κ2) is 8.54. The van der Waals surface area contributed by atoms with Gasteiger partial charge in [0.1, 0.15) is 23.3 Å². The van der Waals surface area contributed by atoms with Gasteiger partial charge in [0.2, 0.25) is 0 Å². The largest absolute Gasteiger partial charge is 0.488 e. The predicted octanol–water partition coefficient (Wildman–Crippen LogP) is 5.52. The summed E-state index contributed by atoms with van der Waals surface area (Å²) in [5.41, 5.74) is 0.963. The van der Waals surface area contributed by atoms with Crippen LogP contribution in [-0.2, 0) is 17.9 Å². The zero-order valence-corrected chi connectivity index (χ0v) is 19.5. The Balaban J connectivity index is 1.40. The normalized spacial score (nSPS) is 19.7. The van der Waals surface area contributed by atoms with Crippen LogP contribution in [0.15, 0.2) is 52.4 Å². The number of benzene rings is 2. The molecule has 1 atom stereocenters. The van der Waals surface area contributed by atoms with Crippen LogP contribution in [-0.4, -0.2) is 27.3 Å². The Labute approximate surface area is 200 Å². The van der Waals surface area contributed by atoms with E-state index in [1.54, 1.807) is 9.36 Å². The maximum atomic E-state index is 14.9. The number of fused-ring (bicyclic) bond motifs is 1. The van der Waals surface area contributed by atoms with Crippen LogP contribution >= 0.6 is 23.2 Å². The van der Waals surface area contributed by atoms with Gasteiger partial charge in [-0.1, -0.05) is 58.7 Å². The summed E-state index contributed by atoms with van der Waals surface area (Å²) in [4.78, 5) is 18.6. The molecule has 172 valence electrons. The van der Waals surface area contributed by atoms with Crippen molar-refractivity contribution < 1.29 is 14.0 Å². The lowest BCUT2D eigenvalue weighted by atomic mass is 9.97. The van der Waals surface area contributed by atoms with Gasteiger partial charge in [-0.05, 0) is 37.5 Å². The van der Waals surface area contributed by atoms with Crippen LogP contribution in [0.2, 0.25) is 10.2 Å². The first kappa shape index (κ1) is 22.0. The molecule has 0 saturated heterocycles. The fourth-order valence-corrected chi connectivity index (χ4v) is 4.82. The fourth-order valence-electron chi connectivity index (χ4n) is 4.26. The highest BCUT2D eigenvalue weighted by Gasteiger charge is 2.36. The Kier molecular flexibility index (Phi) is 5.70. The van der Waals surface area contributed by atoms with Crippen molar-refractivity contribution in [1.29, 1.82) is 0 Å². The highest BCUT2D eigenvalue weighted by atomic mass is 35.5. The monoisotopic (exact) mass is 489 g/mol. The number of nitrogens with zero attached hydrogens (tertiary/aromatic N) is 3. The van der Waals surface area contributed by atoms with Gasteiger partial charge in [0.25, 0.3) is 5.56 Å². The van der Waals surface area contributed by atoms with Crippen LogP contribution in [0.3, 0.4) is 0 Å². The van der Waals surface area contributed by atoms with Gasteiger partial charge >= 0.3 is 0 Å². The van der Waals surface area contributed by atoms with Crippen molar-refractivity contribution >= 4 is 28.9 Å². The first-order valence-corrected chi connectivity index (χ1v) is 11.5. The lowest BCUT2D eigenvalue weighted by molar-refractivity contribution is -0.0356. The van der Waals surface area contributed by atoms with E-state index >= 15 is 0 Å². The average molecular weight is 490 g/mol. The van der Waals surface area contributed by atoms with Crippen LogP contribution in [0.1, 0.15) is 31.7 Å². The van der Waals surface area contributed by atoms with Crippen LogP contribution in [0, 0.1) is 5.82 Å². The SMILES string of the molecule is CC1(COc2cc(-c3c(Cl)n4n(c3=O)CCCC4)c(F)cc2Cl)CC(c2ccccc2)=NO1. The van der Waals surface area contributed by atoms with Crippen LogP contribution in [0.4, 0.5) is 4.39 Å². The Hall–Kier alpha value is -2.77. The number of aromatic nitrogens is 2. The van der Waals surface area contributed by atoms with Crippen molar-refractivity contribution in [2.24, 2.45) is 5.16 Å². The van der Waals surface area contributed by atoms with Gasteiger partial charge in [-0.2, -0.15) is 0 Å². The topological polar surface area (TPSA) is 57.8 Å². The average Bonchev–Trinajstić information content (AvgIpc) is 3.33. The lowest BCUT2D eigenvalue weighted by Gasteiger charge is -2.22. The quantitative estimate of drug-likeness (QED) is 0.474. The summed E-state index contributed by atoms with van der Waals surface area (Å²) >= 11 is 12.8. The predicted molar refractivity (Wildman–Crippen MR) is 126 cm³/mol. The van der Waals surface area contributed by atoms with Gasteiger partial charge in [0, 0.05) is 25.1 Å². The van der Waals surface area contributed by atoms with Crippen molar-refractivity contribution in [2.75, 3.05) is 6.61 Å². The zero-order valence-electron chi connectivity index (χ0n) is 18.0. The molecule has 0 spiro atoms. The molecule has 0 amide bonds. The van der Waals surface area contributed by atoms with Gasteiger partial charge in [-0.15, -0.1) is 0 Å². The molecule has 2 aliphatic rings. The van der Waals surface area contributed by atoms with E-state index in [9.17, 15) is 9.18 Å². The summed E-state index contributed by atoms with van der Waals surface area (Å²) in [5.74, 6) is -0.386. The molecule has 33 heavy (non-hydrogen) atoms. The zero-order chi connectivity index (χ0) is 23.2. The van der Waals surface area contributed by atoms with E-state index in [-0.39, 0.29) is 39.2 Å². The van der Waals surface area contributed by atoms with Crippen molar-refractivity contribution in [1.82, 2.24) is 9.36 Å². The number of rotatable bonds is 5.